The Morgan fingerprint density at radius 1 is 1.22 bits per heavy atom. The minimum absolute atomic E-state index is 0.994. The van der Waals surface area contributed by atoms with Crippen molar-refractivity contribution in [2.24, 2.45) is 0 Å². The first-order valence-corrected chi connectivity index (χ1v) is 3.71. The molecule has 0 fully saturated rings. The van der Waals surface area contributed by atoms with E-state index < -0.39 is 0 Å². The maximum Gasteiger partial charge on any atom is 0.0131 e. The molecule has 0 atom stereocenters. The third kappa shape index (κ3) is 18.3. The quantitative estimate of drug-likeness (QED) is 0.576. The summed E-state index contributed by atoms with van der Waals surface area (Å²) in [6, 6.07) is 0. The van der Waals surface area contributed by atoms with Gasteiger partial charge < -0.3 is 5.32 Å². The van der Waals surface area contributed by atoms with Gasteiger partial charge in [0.1, 0.15) is 0 Å². The van der Waals surface area contributed by atoms with Crippen molar-refractivity contribution < 1.29 is 0 Å². The number of nitrogens with one attached hydrogen (secondary N) is 1. The zero-order valence-corrected chi connectivity index (χ0v) is 7.07. The van der Waals surface area contributed by atoms with Crippen molar-refractivity contribution >= 4 is 0 Å². The highest BCUT2D eigenvalue weighted by atomic mass is 14.8. The van der Waals surface area contributed by atoms with E-state index in [1.807, 2.05) is 20.9 Å². The summed E-state index contributed by atoms with van der Waals surface area (Å²) >= 11 is 0. The molecular formula is C8H19N. The standard InChI is InChI=1S/C6H13N.C2H6/c1-3-4-5-6-7-2;1-2/h4-5,7H,3,6H2,1-2H3;1-2H3/b5-4-;. The highest BCUT2D eigenvalue weighted by Crippen LogP contribution is 1.75. The van der Waals surface area contributed by atoms with E-state index in [0.717, 1.165) is 13.0 Å². The molecule has 0 aromatic heterocycles. The number of allylic oxidation sites excluding steroid dienone is 1. The predicted molar refractivity (Wildman–Crippen MR) is 44.7 cm³/mol. The molecule has 0 spiro atoms. The molecule has 0 unspecified atom stereocenters. The first kappa shape index (κ1) is 11.5. The molecule has 0 aromatic carbocycles. The molecule has 0 heterocycles. The van der Waals surface area contributed by atoms with Gasteiger partial charge in [-0.25, -0.2) is 0 Å². The average Bonchev–Trinajstić information content (AvgIpc) is 1.94. The molecule has 1 N–H and O–H groups in total. The van der Waals surface area contributed by atoms with Crippen LogP contribution >= 0.6 is 0 Å². The minimum Gasteiger partial charge on any atom is -0.316 e. The van der Waals surface area contributed by atoms with Crippen LogP contribution in [0.2, 0.25) is 0 Å². The Kier molecular flexibility index (Phi) is 20.0. The Balaban J connectivity index is 0. The van der Waals surface area contributed by atoms with Crippen molar-refractivity contribution in [3.05, 3.63) is 12.2 Å². The average molecular weight is 129 g/mol. The van der Waals surface area contributed by atoms with Gasteiger partial charge in [0.25, 0.3) is 0 Å². The van der Waals surface area contributed by atoms with Crippen LogP contribution in [-0.4, -0.2) is 13.6 Å². The molecule has 0 aliphatic carbocycles. The molecule has 0 saturated carbocycles. The fraction of sp³-hybridized carbons (Fsp3) is 0.750. The number of likely N-dealkylation sites (N-methyl/N-ethyl adjacent to an activating group) is 1. The Bertz CT molecular complexity index is 48.5. The van der Waals surface area contributed by atoms with E-state index in [0.29, 0.717) is 0 Å². The monoisotopic (exact) mass is 129 g/mol. The summed E-state index contributed by atoms with van der Waals surface area (Å²) in [6.07, 6.45) is 5.41. The lowest BCUT2D eigenvalue weighted by Gasteiger charge is -1.83. The Morgan fingerprint density at radius 2 is 1.78 bits per heavy atom. The van der Waals surface area contributed by atoms with Gasteiger partial charge >= 0.3 is 0 Å². The van der Waals surface area contributed by atoms with Gasteiger partial charge in [0, 0.05) is 6.54 Å². The Hall–Kier alpha value is -0.300. The van der Waals surface area contributed by atoms with Crippen molar-refractivity contribution in [1.29, 1.82) is 0 Å². The zero-order valence-electron chi connectivity index (χ0n) is 7.07. The third-order valence-electron chi connectivity index (χ3n) is 0.724. The van der Waals surface area contributed by atoms with Crippen LogP contribution in [0.1, 0.15) is 27.2 Å². The number of hydrogen-bond acceptors (Lipinski definition) is 1. The number of hydrogen-bond donors (Lipinski definition) is 1. The summed E-state index contributed by atoms with van der Waals surface area (Å²) in [6.45, 7) is 7.12. The molecule has 0 saturated heterocycles. The van der Waals surface area contributed by atoms with Gasteiger partial charge in [-0.3, -0.25) is 0 Å². The summed E-state index contributed by atoms with van der Waals surface area (Å²) in [5.74, 6) is 0. The molecule has 0 radical (unpaired) electrons. The lowest BCUT2D eigenvalue weighted by molar-refractivity contribution is 0.915. The lowest BCUT2D eigenvalue weighted by atomic mass is 10.4. The molecule has 0 rings (SSSR count). The van der Waals surface area contributed by atoms with E-state index >= 15 is 0 Å². The lowest BCUT2D eigenvalue weighted by Crippen LogP contribution is -2.03. The molecular weight excluding hydrogens is 110 g/mol. The van der Waals surface area contributed by atoms with E-state index in [9.17, 15) is 0 Å². The summed E-state index contributed by atoms with van der Waals surface area (Å²) in [4.78, 5) is 0. The Morgan fingerprint density at radius 3 is 2.11 bits per heavy atom. The molecule has 0 amide bonds. The van der Waals surface area contributed by atoms with E-state index in [-0.39, 0.29) is 0 Å². The van der Waals surface area contributed by atoms with Crippen LogP contribution in [0.25, 0.3) is 0 Å². The second kappa shape index (κ2) is 15.6. The van der Waals surface area contributed by atoms with Crippen LogP contribution in [-0.2, 0) is 0 Å². The first-order valence-electron chi connectivity index (χ1n) is 3.71. The zero-order chi connectivity index (χ0) is 7.54. The van der Waals surface area contributed by atoms with Crippen LogP contribution < -0.4 is 5.32 Å². The molecule has 0 aliphatic heterocycles. The summed E-state index contributed by atoms with van der Waals surface area (Å²) in [5, 5.41) is 3.02. The minimum atomic E-state index is 0.994. The van der Waals surface area contributed by atoms with Crippen molar-refractivity contribution in [3.8, 4) is 0 Å². The van der Waals surface area contributed by atoms with Gasteiger partial charge in [-0.15, -0.1) is 0 Å². The normalized spacial score (nSPS) is 8.89. The van der Waals surface area contributed by atoms with Crippen molar-refractivity contribution in [3.63, 3.8) is 0 Å². The largest absolute Gasteiger partial charge is 0.316 e. The molecule has 1 heteroatoms. The fourth-order valence-corrected chi connectivity index (χ4v) is 0.368. The molecule has 0 aromatic rings. The highest BCUT2D eigenvalue weighted by Gasteiger charge is 1.65. The first-order chi connectivity index (χ1) is 4.41. The predicted octanol–water partition coefficient (Wildman–Crippen LogP) is 2.20. The third-order valence-corrected chi connectivity index (χ3v) is 0.724. The SMILES string of the molecule is CC.CC/C=C\CNC. The van der Waals surface area contributed by atoms with Crippen LogP contribution in [0, 0.1) is 0 Å². The summed E-state index contributed by atoms with van der Waals surface area (Å²) in [7, 11) is 1.94. The molecule has 0 aliphatic rings. The second-order valence-electron chi connectivity index (χ2n) is 1.44. The Labute approximate surface area is 59.2 Å². The van der Waals surface area contributed by atoms with Gasteiger partial charge in [0.2, 0.25) is 0 Å². The van der Waals surface area contributed by atoms with E-state index in [1.165, 1.54) is 0 Å². The van der Waals surface area contributed by atoms with Gasteiger partial charge in [0.15, 0.2) is 0 Å². The number of rotatable bonds is 3. The van der Waals surface area contributed by atoms with Crippen molar-refractivity contribution in [2.45, 2.75) is 27.2 Å². The highest BCUT2D eigenvalue weighted by molar-refractivity contribution is 4.81. The van der Waals surface area contributed by atoms with Crippen molar-refractivity contribution in [2.75, 3.05) is 13.6 Å². The summed E-state index contributed by atoms with van der Waals surface area (Å²) < 4.78 is 0. The van der Waals surface area contributed by atoms with E-state index in [4.69, 9.17) is 0 Å². The van der Waals surface area contributed by atoms with Gasteiger partial charge in [0.05, 0.1) is 0 Å². The topological polar surface area (TPSA) is 12.0 Å². The van der Waals surface area contributed by atoms with E-state index in [1.54, 1.807) is 0 Å². The molecule has 0 bridgehead atoms. The molecule has 1 nitrogen and oxygen atoms in total. The molecule has 56 valence electrons. The van der Waals surface area contributed by atoms with Crippen LogP contribution in [0.5, 0.6) is 0 Å². The van der Waals surface area contributed by atoms with Gasteiger partial charge in [-0.05, 0) is 13.5 Å². The van der Waals surface area contributed by atoms with Crippen LogP contribution in [0.3, 0.4) is 0 Å². The van der Waals surface area contributed by atoms with Gasteiger partial charge in [-0.1, -0.05) is 32.9 Å². The maximum atomic E-state index is 3.02. The van der Waals surface area contributed by atoms with Crippen LogP contribution in [0.15, 0.2) is 12.2 Å². The smallest absolute Gasteiger partial charge is 0.0131 e. The fourth-order valence-electron chi connectivity index (χ4n) is 0.368. The summed E-state index contributed by atoms with van der Waals surface area (Å²) in [5.41, 5.74) is 0. The second-order valence-corrected chi connectivity index (χ2v) is 1.44. The van der Waals surface area contributed by atoms with E-state index in [2.05, 4.69) is 24.4 Å². The maximum absolute atomic E-state index is 3.02. The van der Waals surface area contributed by atoms with Crippen molar-refractivity contribution in [1.82, 2.24) is 5.32 Å². The van der Waals surface area contributed by atoms with Crippen LogP contribution in [0.4, 0.5) is 0 Å². The molecule has 9 heavy (non-hydrogen) atoms. The van der Waals surface area contributed by atoms with Gasteiger partial charge in [-0.2, -0.15) is 0 Å².